The fourth-order valence-electron chi connectivity index (χ4n) is 1.15. The van der Waals surface area contributed by atoms with Gasteiger partial charge in [0.15, 0.2) is 6.10 Å². The molecule has 0 aliphatic heterocycles. The smallest absolute Gasteiger partial charge is 0.260 e. The topological polar surface area (TPSA) is 51.2 Å². The van der Waals surface area contributed by atoms with Crippen molar-refractivity contribution in [3.63, 3.8) is 0 Å². The third-order valence-corrected chi connectivity index (χ3v) is 2.61. The lowest BCUT2D eigenvalue weighted by Gasteiger charge is -2.17. The van der Waals surface area contributed by atoms with Gasteiger partial charge in [0.2, 0.25) is 0 Å². The molecule has 0 saturated carbocycles. The summed E-state index contributed by atoms with van der Waals surface area (Å²) in [6.45, 7) is 5.67. The highest BCUT2D eigenvalue weighted by Gasteiger charge is 2.16. The second-order valence-electron chi connectivity index (χ2n) is 3.89. The van der Waals surface area contributed by atoms with E-state index in [9.17, 15) is 4.79 Å². The summed E-state index contributed by atoms with van der Waals surface area (Å²) in [6, 6.07) is 3.45. The Morgan fingerprint density at radius 2 is 2.24 bits per heavy atom. The van der Waals surface area contributed by atoms with E-state index in [-0.39, 0.29) is 11.9 Å². The summed E-state index contributed by atoms with van der Waals surface area (Å²) in [7, 11) is 0. The van der Waals surface area contributed by atoms with Crippen LogP contribution in [-0.4, -0.2) is 23.0 Å². The van der Waals surface area contributed by atoms with Crippen molar-refractivity contribution in [2.75, 3.05) is 0 Å². The highest BCUT2D eigenvalue weighted by atomic mass is 35.5. The minimum absolute atomic E-state index is 0.130. The Balaban J connectivity index is 2.51. The number of nitrogens with one attached hydrogen (secondary N) is 1. The van der Waals surface area contributed by atoms with Gasteiger partial charge in [0, 0.05) is 6.04 Å². The van der Waals surface area contributed by atoms with Gasteiger partial charge < -0.3 is 10.1 Å². The molecule has 0 aromatic carbocycles. The van der Waals surface area contributed by atoms with Crippen molar-refractivity contribution < 1.29 is 9.53 Å². The molecular weight excluding hydrogens is 240 g/mol. The number of pyridine rings is 1. The monoisotopic (exact) mass is 256 g/mol. The van der Waals surface area contributed by atoms with Crippen LogP contribution in [0.3, 0.4) is 0 Å². The molecule has 1 aromatic heterocycles. The number of rotatable bonds is 5. The molecule has 0 spiro atoms. The van der Waals surface area contributed by atoms with Crippen molar-refractivity contribution in [3.05, 3.63) is 23.5 Å². The zero-order chi connectivity index (χ0) is 12.8. The lowest BCUT2D eigenvalue weighted by Crippen LogP contribution is -2.40. The van der Waals surface area contributed by atoms with Crippen LogP contribution in [0.1, 0.15) is 27.2 Å². The molecule has 5 heteroatoms. The summed E-state index contributed by atoms with van der Waals surface area (Å²) in [4.78, 5) is 15.6. The molecule has 1 amide bonds. The first-order valence-corrected chi connectivity index (χ1v) is 5.99. The Kier molecular flexibility index (Phi) is 5.22. The van der Waals surface area contributed by atoms with Crippen LogP contribution in [0.15, 0.2) is 18.3 Å². The molecule has 0 bridgehead atoms. The normalized spacial score (nSPS) is 13.9. The lowest BCUT2D eigenvalue weighted by molar-refractivity contribution is -0.127. The fraction of sp³-hybridized carbons (Fsp3) is 0.500. The van der Waals surface area contributed by atoms with Crippen molar-refractivity contribution in [2.45, 2.75) is 39.3 Å². The molecule has 0 aliphatic rings. The maximum Gasteiger partial charge on any atom is 0.260 e. The predicted molar refractivity (Wildman–Crippen MR) is 67.2 cm³/mol. The molecule has 0 saturated heterocycles. The lowest BCUT2D eigenvalue weighted by atomic mass is 10.2. The first kappa shape index (κ1) is 13.8. The Hall–Kier alpha value is -1.29. The van der Waals surface area contributed by atoms with Crippen LogP contribution in [0.5, 0.6) is 5.75 Å². The van der Waals surface area contributed by atoms with Crippen LogP contribution in [0.25, 0.3) is 0 Å². The highest BCUT2D eigenvalue weighted by molar-refractivity contribution is 6.29. The fourth-order valence-corrected chi connectivity index (χ4v) is 1.26. The van der Waals surface area contributed by atoms with E-state index in [1.807, 2.05) is 13.8 Å². The van der Waals surface area contributed by atoms with E-state index in [1.54, 1.807) is 19.1 Å². The Labute approximate surface area is 106 Å². The average molecular weight is 257 g/mol. The van der Waals surface area contributed by atoms with Gasteiger partial charge >= 0.3 is 0 Å². The quantitative estimate of drug-likeness (QED) is 0.823. The Morgan fingerprint density at radius 3 is 2.76 bits per heavy atom. The van der Waals surface area contributed by atoms with Gasteiger partial charge in [-0.1, -0.05) is 18.5 Å². The van der Waals surface area contributed by atoms with Crippen molar-refractivity contribution >= 4 is 17.5 Å². The van der Waals surface area contributed by atoms with Crippen molar-refractivity contribution in [1.29, 1.82) is 0 Å². The molecule has 94 valence electrons. The second-order valence-corrected chi connectivity index (χ2v) is 4.28. The van der Waals surface area contributed by atoms with Gasteiger partial charge in [0.05, 0.1) is 6.20 Å². The minimum atomic E-state index is -0.549. The van der Waals surface area contributed by atoms with Gasteiger partial charge in [-0.15, -0.1) is 0 Å². The summed E-state index contributed by atoms with van der Waals surface area (Å²) in [5.41, 5.74) is 0. The molecule has 1 aromatic rings. The van der Waals surface area contributed by atoms with Crippen LogP contribution in [0.4, 0.5) is 0 Å². The third kappa shape index (κ3) is 4.61. The largest absolute Gasteiger partial charge is 0.479 e. The molecule has 0 fully saturated rings. The number of hydrogen-bond acceptors (Lipinski definition) is 3. The van der Waals surface area contributed by atoms with Crippen LogP contribution in [-0.2, 0) is 4.79 Å². The third-order valence-electron chi connectivity index (χ3n) is 2.38. The second kappa shape index (κ2) is 6.45. The molecular formula is C12H17ClN2O2. The number of carbonyl (C=O) groups excluding carboxylic acids is 1. The standard InChI is InChI=1S/C12H17ClN2O2/c1-4-8(2)15-12(16)9(3)17-10-5-6-11(13)14-7-10/h5-9H,4H2,1-3H3,(H,15,16). The van der Waals surface area contributed by atoms with Crippen molar-refractivity contribution in [1.82, 2.24) is 10.3 Å². The first-order chi connectivity index (χ1) is 8.02. The van der Waals surface area contributed by atoms with E-state index in [2.05, 4.69) is 10.3 Å². The zero-order valence-corrected chi connectivity index (χ0v) is 11.0. The van der Waals surface area contributed by atoms with Gasteiger partial charge in [-0.2, -0.15) is 0 Å². The van der Waals surface area contributed by atoms with Crippen LogP contribution in [0, 0.1) is 0 Å². The summed E-state index contributed by atoms with van der Waals surface area (Å²) < 4.78 is 5.44. The van der Waals surface area contributed by atoms with Gasteiger partial charge in [0.1, 0.15) is 10.9 Å². The minimum Gasteiger partial charge on any atom is -0.479 e. The number of nitrogens with zero attached hydrogens (tertiary/aromatic N) is 1. The summed E-state index contributed by atoms with van der Waals surface area (Å²) in [6.07, 6.45) is 1.84. The number of ether oxygens (including phenoxy) is 1. The average Bonchev–Trinajstić information content (AvgIpc) is 2.31. The maximum absolute atomic E-state index is 11.7. The number of halogens is 1. The van der Waals surface area contributed by atoms with E-state index in [0.29, 0.717) is 10.9 Å². The molecule has 4 nitrogen and oxygen atoms in total. The molecule has 1 N–H and O–H groups in total. The van der Waals surface area contributed by atoms with Crippen LogP contribution < -0.4 is 10.1 Å². The summed E-state index contributed by atoms with van der Waals surface area (Å²) in [5, 5.41) is 3.25. The van der Waals surface area contributed by atoms with Crippen LogP contribution in [0.2, 0.25) is 5.15 Å². The van der Waals surface area contributed by atoms with E-state index in [4.69, 9.17) is 16.3 Å². The SMILES string of the molecule is CCC(C)NC(=O)C(C)Oc1ccc(Cl)nc1. The van der Waals surface area contributed by atoms with Gasteiger partial charge in [0.25, 0.3) is 5.91 Å². The molecule has 17 heavy (non-hydrogen) atoms. The van der Waals surface area contributed by atoms with Gasteiger partial charge in [-0.3, -0.25) is 4.79 Å². The highest BCUT2D eigenvalue weighted by Crippen LogP contribution is 2.13. The number of hydrogen-bond donors (Lipinski definition) is 1. The Morgan fingerprint density at radius 1 is 1.53 bits per heavy atom. The van der Waals surface area contributed by atoms with E-state index >= 15 is 0 Å². The van der Waals surface area contributed by atoms with Gasteiger partial charge in [-0.25, -0.2) is 4.98 Å². The van der Waals surface area contributed by atoms with E-state index in [0.717, 1.165) is 6.42 Å². The van der Waals surface area contributed by atoms with Crippen molar-refractivity contribution in [2.24, 2.45) is 0 Å². The zero-order valence-electron chi connectivity index (χ0n) is 10.2. The predicted octanol–water partition coefficient (Wildman–Crippen LogP) is 2.42. The molecule has 1 heterocycles. The van der Waals surface area contributed by atoms with Crippen molar-refractivity contribution in [3.8, 4) is 5.75 Å². The molecule has 2 atom stereocenters. The summed E-state index contributed by atoms with van der Waals surface area (Å²) >= 11 is 5.65. The van der Waals surface area contributed by atoms with E-state index in [1.165, 1.54) is 6.20 Å². The molecule has 0 radical (unpaired) electrons. The Bertz CT molecular complexity index is 367. The molecule has 0 aliphatic carbocycles. The maximum atomic E-state index is 11.7. The number of amides is 1. The van der Waals surface area contributed by atoms with E-state index < -0.39 is 6.10 Å². The number of aromatic nitrogens is 1. The summed E-state index contributed by atoms with van der Waals surface area (Å²) in [5.74, 6) is 0.399. The van der Waals surface area contributed by atoms with Gasteiger partial charge in [-0.05, 0) is 32.4 Å². The van der Waals surface area contributed by atoms with Crippen LogP contribution >= 0.6 is 11.6 Å². The number of carbonyl (C=O) groups is 1. The molecule has 2 unspecified atom stereocenters. The molecule has 1 rings (SSSR count). The first-order valence-electron chi connectivity index (χ1n) is 5.61.